The number of carbonyl (C=O) groups excluding carboxylic acids is 9. The molecule has 5 atom stereocenters. The van der Waals surface area contributed by atoms with Crippen LogP contribution in [0, 0.1) is 17.3 Å². The Balaban J connectivity index is 0.591. The summed E-state index contributed by atoms with van der Waals surface area (Å²) in [6, 6.07) is 34.6. The number of amides is 6. The normalized spacial score (nSPS) is 18.5. The van der Waals surface area contributed by atoms with Gasteiger partial charge in [-0.15, -0.1) is 0 Å². The minimum atomic E-state index is -1.46. The summed E-state index contributed by atoms with van der Waals surface area (Å²) in [6.45, 7) is 5.78. The number of aliphatic hydroxyl groups excluding tert-OH is 1. The number of ether oxygens (including phenoxy) is 6. The number of fused-ring (bicyclic) bond motifs is 6. The molecule has 2 fully saturated rings. The van der Waals surface area contributed by atoms with Crippen LogP contribution in [-0.4, -0.2) is 152 Å². The van der Waals surface area contributed by atoms with Gasteiger partial charge in [-0.1, -0.05) is 92.7 Å². The van der Waals surface area contributed by atoms with Gasteiger partial charge in [-0.25, -0.2) is 15.5 Å². The highest BCUT2D eigenvalue weighted by Crippen LogP contribution is 2.57. The van der Waals surface area contributed by atoms with Crippen LogP contribution in [0.4, 0.5) is 16.2 Å². The predicted molar refractivity (Wildman–Crippen MR) is 409 cm³/mol. The maximum Gasteiger partial charge on any atom is 0.416 e. The minimum Gasteiger partial charge on any atom is -0.497 e. The smallest absolute Gasteiger partial charge is 0.416 e. The molecule has 1 spiro atoms. The number of nitrogens with zero attached hydrogens (tertiary/aromatic N) is 5. The van der Waals surface area contributed by atoms with E-state index in [1.807, 2.05) is 77.8 Å². The molecule has 0 radical (unpaired) electrons. The second-order valence-electron chi connectivity index (χ2n) is 29.6. The summed E-state index contributed by atoms with van der Waals surface area (Å²) in [5.74, 6) is 4.70. The van der Waals surface area contributed by atoms with E-state index in [0.717, 1.165) is 64.2 Å². The lowest BCUT2D eigenvalue weighted by atomic mass is 9.89. The standard InChI is InChI=1S/C84H97N9O16/c1-50(2)64(40-60(95)45-87-75(97)31-27-59(94)28-32-76(98)91-46-56-15-9-10-16-62(56)77(85)78(89(4)86)63-17-11-12-18-67(63)91)79(99)88-51(3)70(96)37-52-19-21-53(22-20-52)48-109-83(103)93-68-43-74(72(106-7)42-66(68)81(101)92-49-84(33-34-84)44-69(92)82(93)102)108-36-14-8-13-35-107-73-39-55-23-26-58-38-57(54-24-29-61(104-5)30-25-54)47-90(58)80(100)65(55)41-71(73)105-6/h9-12,15-22,24-25,29-30,39,41-43,47,50-51,58,64,69,82,102H,8,13-14,23,26-28,31-38,40,44-46,48-49,85-86H2,1-7H3,(H,87,97)(H,88,99)/b78-77-/t51-,58+,64-,69-,82+/m0/s1. The Morgan fingerprint density at radius 2 is 1.36 bits per heavy atom. The summed E-state index contributed by atoms with van der Waals surface area (Å²) in [7, 11) is 6.34. The number of hydrogen-bond donors (Lipinski definition) is 5. The van der Waals surface area contributed by atoms with Crippen LogP contribution in [0.2, 0.25) is 0 Å². The van der Waals surface area contributed by atoms with Crippen LogP contribution >= 0.6 is 0 Å². The van der Waals surface area contributed by atoms with Gasteiger partial charge >= 0.3 is 6.09 Å². The van der Waals surface area contributed by atoms with E-state index in [0.29, 0.717) is 96.1 Å². The molecule has 6 amide bonds. The number of anilines is 2. The third-order valence-corrected chi connectivity index (χ3v) is 21.8. The Morgan fingerprint density at radius 1 is 0.697 bits per heavy atom. The molecule has 5 heterocycles. The number of aryl methyl sites for hydroxylation is 1. The fraction of sp³-hybridized carbons (Fsp3) is 0.417. The van der Waals surface area contributed by atoms with Gasteiger partial charge in [-0.2, -0.15) is 0 Å². The summed E-state index contributed by atoms with van der Waals surface area (Å²) in [5, 5.41) is 19.0. The summed E-state index contributed by atoms with van der Waals surface area (Å²) < 4.78 is 35.4. The van der Waals surface area contributed by atoms with Gasteiger partial charge in [0.2, 0.25) is 17.7 Å². The van der Waals surface area contributed by atoms with E-state index >= 15 is 0 Å². The highest BCUT2D eigenvalue weighted by atomic mass is 16.6. The average Bonchev–Trinajstić information content (AvgIpc) is 1.57. The first-order valence-corrected chi connectivity index (χ1v) is 37.4. The van der Waals surface area contributed by atoms with Crippen LogP contribution in [0.5, 0.6) is 28.7 Å². The van der Waals surface area contributed by atoms with Crippen molar-refractivity contribution in [2.24, 2.45) is 28.8 Å². The van der Waals surface area contributed by atoms with E-state index in [2.05, 4.69) is 10.6 Å². The topological polar surface area (TPSA) is 322 Å². The van der Waals surface area contributed by atoms with Crippen LogP contribution < -0.4 is 55.7 Å². The monoisotopic (exact) mass is 1490 g/mol. The molecule has 25 heteroatoms. The second kappa shape index (κ2) is 34.0. The molecule has 1 aliphatic carbocycles. The molecule has 0 aromatic heterocycles. The first-order valence-electron chi connectivity index (χ1n) is 37.4. The van der Waals surface area contributed by atoms with Crippen molar-refractivity contribution in [3.05, 3.63) is 178 Å². The van der Waals surface area contributed by atoms with Crippen molar-refractivity contribution >= 4 is 81.3 Å². The molecular formula is C84H97N9O16. The third kappa shape index (κ3) is 17.6. The van der Waals surface area contributed by atoms with E-state index in [4.69, 9.17) is 40.0 Å². The van der Waals surface area contributed by atoms with E-state index in [1.54, 1.807) is 106 Å². The van der Waals surface area contributed by atoms with Gasteiger partial charge in [0.15, 0.2) is 40.8 Å². The zero-order valence-electron chi connectivity index (χ0n) is 62.9. The number of hydrazine groups is 1. The summed E-state index contributed by atoms with van der Waals surface area (Å²) in [6.07, 6.45) is 5.29. The van der Waals surface area contributed by atoms with Crippen molar-refractivity contribution in [3.8, 4) is 28.7 Å². The van der Waals surface area contributed by atoms with E-state index < -0.39 is 47.9 Å². The van der Waals surface area contributed by atoms with Crippen molar-refractivity contribution < 1.29 is 76.7 Å². The van der Waals surface area contributed by atoms with Crippen LogP contribution in [-0.2, 0) is 59.5 Å². The maximum absolute atomic E-state index is 14.5. The molecule has 12 rings (SSSR count). The summed E-state index contributed by atoms with van der Waals surface area (Å²) in [5.41, 5.74) is 15.4. The lowest BCUT2D eigenvalue weighted by molar-refractivity contribution is -0.133. The van der Waals surface area contributed by atoms with Gasteiger partial charge in [0.05, 0.1) is 88.0 Å². The highest BCUT2D eigenvalue weighted by Gasteiger charge is 2.58. The molecule has 6 aliphatic rings. The molecule has 574 valence electrons. The van der Waals surface area contributed by atoms with E-state index in [9.17, 15) is 48.3 Å². The first-order chi connectivity index (χ1) is 52.4. The van der Waals surface area contributed by atoms with Gasteiger partial charge in [0, 0.05) is 93.0 Å². The molecule has 0 bridgehead atoms. The predicted octanol–water partition coefficient (Wildman–Crippen LogP) is 10.2. The summed E-state index contributed by atoms with van der Waals surface area (Å²) in [4.78, 5) is 130. The number of nitrogens with two attached hydrogens (primary N) is 2. The molecule has 6 aromatic carbocycles. The number of unbranched alkanes of at least 4 members (excludes halogenated alkanes) is 2. The van der Waals surface area contributed by atoms with E-state index in [-0.39, 0.29) is 134 Å². The highest BCUT2D eigenvalue weighted by molar-refractivity contribution is 6.07. The van der Waals surface area contributed by atoms with Gasteiger partial charge in [0.25, 0.3) is 11.8 Å². The number of nitrogens with one attached hydrogen (secondary N) is 2. The van der Waals surface area contributed by atoms with Gasteiger partial charge in [-0.3, -0.25) is 38.4 Å². The van der Waals surface area contributed by atoms with Crippen LogP contribution in [0.15, 0.2) is 128 Å². The zero-order chi connectivity index (χ0) is 77.4. The Bertz CT molecular complexity index is 4530. The minimum absolute atomic E-state index is 0.0362. The maximum atomic E-state index is 14.5. The van der Waals surface area contributed by atoms with Crippen molar-refractivity contribution in [2.75, 3.05) is 64.5 Å². The van der Waals surface area contributed by atoms with Crippen LogP contribution in [0.3, 0.4) is 0 Å². The lowest BCUT2D eigenvalue weighted by Gasteiger charge is -2.32. The van der Waals surface area contributed by atoms with Gasteiger partial charge in [-0.05, 0) is 146 Å². The number of hydrogen-bond acceptors (Lipinski definition) is 19. The van der Waals surface area contributed by atoms with Gasteiger partial charge < -0.3 is 69.6 Å². The quantitative estimate of drug-likeness (QED) is 0.0153. The second-order valence-corrected chi connectivity index (χ2v) is 29.6. The van der Waals surface area contributed by atoms with Crippen molar-refractivity contribution in [3.63, 3.8) is 0 Å². The van der Waals surface area contributed by atoms with Crippen molar-refractivity contribution in [2.45, 2.75) is 155 Å². The number of methoxy groups -OCH3 is 3. The molecule has 7 N–H and O–H groups in total. The van der Waals surface area contributed by atoms with Crippen LogP contribution in [0.25, 0.3) is 17.0 Å². The molecule has 1 saturated heterocycles. The molecule has 109 heavy (non-hydrogen) atoms. The van der Waals surface area contributed by atoms with Crippen molar-refractivity contribution in [1.82, 2.24) is 25.4 Å². The Morgan fingerprint density at radius 3 is 2.04 bits per heavy atom. The summed E-state index contributed by atoms with van der Waals surface area (Å²) >= 11 is 0. The zero-order valence-corrected chi connectivity index (χ0v) is 62.9. The molecule has 0 unspecified atom stereocenters. The average molecular weight is 1490 g/mol. The number of benzene rings is 6. The third-order valence-electron chi connectivity index (χ3n) is 21.8. The first kappa shape index (κ1) is 77.6. The number of para-hydroxylation sites is 1. The fourth-order valence-electron chi connectivity index (χ4n) is 15.3. The van der Waals surface area contributed by atoms with E-state index in [1.165, 1.54) is 12.1 Å². The number of Topliss-reactive ketones (excluding diaryl/α,β-unsaturated/α-hetero) is 3. The number of rotatable bonds is 31. The lowest BCUT2D eigenvalue weighted by Crippen LogP contribution is -2.50. The number of aliphatic hydroxyl groups is 1. The largest absolute Gasteiger partial charge is 0.497 e. The molecule has 1 saturated carbocycles. The molecule has 5 aliphatic heterocycles. The number of carbonyl (C=O) groups is 9. The van der Waals surface area contributed by atoms with Gasteiger partial charge in [0.1, 0.15) is 18.1 Å². The molecule has 6 aromatic rings. The Labute approximate surface area is 634 Å². The molecule has 25 nitrogen and oxygen atoms in total. The van der Waals surface area contributed by atoms with Crippen molar-refractivity contribution in [1.29, 1.82) is 0 Å². The molecular weight excluding hydrogens is 1390 g/mol. The Hall–Kier alpha value is -11.1. The number of ketones is 3. The fourth-order valence-corrected chi connectivity index (χ4v) is 15.3. The van der Waals surface area contributed by atoms with Crippen LogP contribution in [0.1, 0.15) is 164 Å². The SMILES string of the molecule is COc1ccc(C2=CN3C(=O)c4cc(OC)c(OCCCCCOc5cc6c(cc5OC)C(=O)N5CC7(CC7)C[C@H]5[C@@H](O)N6C(=O)OCc5ccc(CC(=O)[C@H](C)NC(=O)[C@@H](CC(=O)CNC(=O)CCC(=O)CCC(=O)N6Cc7ccccc7/C(N)=C(/N(C)N)c7ccccc76)C(C)C)cc5)cc4CC[C@@H]3C2)cc1. The Kier molecular flexibility index (Phi) is 24.2.